The smallest absolute Gasteiger partial charge is 0.320 e. The Morgan fingerprint density at radius 3 is 2.34 bits per heavy atom. The number of hydrogen-bond acceptors (Lipinski definition) is 7. The molecule has 6 N–H and O–H groups in total. The lowest BCUT2D eigenvalue weighted by molar-refractivity contribution is 0.107. The fourth-order valence-electron chi connectivity index (χ4n) is 5.79. The largest absolute Gasteiger partial charge is 0.484 e. The highest BCUT2D eigenvalue weighted by atomic mass is 16.5. The van der Waals surface area contributed by atoms with Crippen molar-refractivity contribution < 1.29 is 14.6 Å². The molecule has 0 saturated carbocycles. The highest BCUT2D eigenvalue weighted by Crippen LogP contribution is 2.38. The SMILES string of the molecule is Cc1ccc(N=C(CC(=N)C(C)(C)C)NC(=O)NC2CCC(Oc3ccc(=N)n(C(=N)N4CCC(O)CC4)c3)c3ccccc32)cc1. The summed E-state index contributed by atoms with van der Waals surface area (Å²) in [5.41, 5.74) is 4.04. The lowest BCUT2D eigenvalue weighted by atomic mass is 9.85. The van der Waals surface area contributed by atoms with Crippen LogP contribution in [0, 0.1) is 28.6 Å². The molecule has 0 radical (unpaired) electrons. The zero-order chi connectivity index (χ0) is 33.7. The normalized spacial score (nSPS) is 18.7. The van der Waals surface area contributed by atoms with Crippen molar-refractivity contribution >= 4 is 29.2 Å². The molecule has 2 heterocycles. The standard InChI is InChI=1S/C36H46N8O3/c1-23-9-11-24(12-10-23)40-33(21-31(37)36(2,3)4)42-35(46)41-29-14-15-30(28-8-6-5-7-27(28)29)47-26-13-16-32(38)44(22-26)34(39)43-19-17-25(45)18-20-43/h5-13,16,22,25,29-30,37-39,45H,14-15,17-21H2,1-4H3,(H2,40,41,42,46). The van der Waals surface area contributed by atoms with E-state index in [-0.39, 0.29) is 47.6 Å². The van der Waals surface area contributed by atoms with Gasteiger partial charge in [-0.1, -0.05) is 62.7 Å². The second kappa shape index (κ2) is 14.3. The van der Waals surface area contributed by atoms with Gasteiger partial charge in [-0.25, -0.2) is 9.79 Å². The second-order valence-electron chi connectivity index (χ2n) is 13.4. The van der Waals surface area contributed by atoms with Crippen LogP contribution in [-0.4, -0.2) is 57.3 Å². The molecule has 5 rings (SSSR count). The molecule has 0 spiro atoms. The van der Waals surface area contributed by atoms with Crippen LogP contribution >= 0.6 is 0 Å². The van der Waals surface area contributed by atoms with E-state index in [4.69, 9.17) is 21.0 Å². The number of likely N-dealkylation sites (tertiary alicyclic amines) is 1. The third kappa shape index (κ3) is 8.53. The van der Waals surface area contributed by atoms with E-state index >= 15 is 0 Å². The fraction of sp³-hybridized carbons (Fsp3) is 0.417. The molecule has 1 aliphatic heterocycles. The third-order valence-corrected chi connectivity index (χ3v) is 8.74. The minimum atomic E-state index is -0.382. The molecule has 1 saturated heterocycles. The summed E-state index contributed by atoms with van der Waals surface area (Å²) in [5.74, 6) is 1.15. The number of nitrogens with one attached hydrogen (secondary N) is 5. The molecule has 1 aromatic heterocycles. The molecule has 11 nitrogen and oxygen atoms in total. The first-order valence-electron chi connectivity index (χ1n) is 16.2. The number of aliphatic hydroxyl groups excluding tert-OH is 1. The predicted molar refractivity (Wildman–Crippen MR) is 184 cm³/mol. The summed E-state index contributed by atoms with van der Waals surface area (Å²) >= 11 is 0. The van der Waals surface area contributed by atoms with Gasteiger partial charge in [-0.2, -0.15) is 0 Å². The summed E-state index contributed by atoms with van der Waals surface area (Å²) in [6, 6.07) is 18.4. The van der Waals surface area contributed by atoms with E-state index in [0.717, 1.165) is 16.7 Å². The molecule has 1 fully saturated rings. The lowest BCUT2D eigenvalue weighted by Gasteiger charge is -2.33. The molecule has 47 heavy (non-hydrogen) atoms. The quantitative estimate of drug-likeness (QED) is 0.145. The summed E-state index contributed by atoms with van der Waals surface area (Å²) in [5, 5.41) is 41.6. The Kier molecular flexibility index (Phi) is 10.2. The Morgan fingerprint density at radius 2 is 1.66 bits per heavy atom. The van der Waals surface area contributed by atoms with Gasteiger partial charge in [0.2, 0.25) is 5.96 Å². The maximum atomic E-state index is 13.4. The Labute approximate surface area is 276 Å². The van der Waals surface area contributed by atoms with Gasteiger partial charge in [0.25, 0.3) is 0 Å². The maximum absolute atomic E-state index is 13.4. The van der Waals surface area contributed by atoms with Crippen molar-refractivity contribution in [2.45, 2.75) is 78.0 Å². The molecule has 2 atom stereocenters. The molecule has 2 unspecified atom stereocenters. The van der Waals surface area contributed by atoms with Crippen LogP contribution in [0.15, 0.2) is 71.9 Å². The number of carbonyl (C=O) groups is 1. The molecular formula is C36H46N8O3. The molecule has 2 aromatic carbocycles. The van der Waals surface area contributed by atoms with E-state index in [1.54, 1.807) is 18.3 Å². The number of rotatable bonds is 6. The van der Waals surface area contributed by atoms with Crippen LogP contribution < -0.4 is 20.9 Å². The van der Waals surface area contributed by atoms with Gasteiger partial charge in [0.15, 0.2) is 0 Å². The van der Waals surface area contributed by atoms with Crippen molar-refractivity contribution in [2.75, 3.05) is 13.1 Å². The first-order valence-corrected chi connectivity index (χ1v) is 16.2. The van der Waals surface area contributed by atoms with E-state index in [1.807, 2.05) is 81.1 Å². The van der Waals surface area contributed by atoms with Crippen LogP contribution in [0.25, 0.3) is 0 Å². The number of urea groups is 1. The predicted octanol–water partition coefficient (Wildman–Crippen LogP) is 5.96. The summed E-state index contributed by atoms with van der Waals surface area (Å²) < 4.78 is 7.98. The van der Waals surface area contributed by atoms with Gasteiger partial charge in [0, 0.05) is 25.2 Å². The van der Waals surface area contributed by atoms with Gasteiger partial charge in [-0.05, 0) is 73.4 Å². The number of aromatic nitrogens is 1. The van der Waals surface area contributed by atoms with Crippen LogP contribution in [0.3, 0.4) is 0 Å². The van der Waals surface area contributed by atoms with Crippen LogP contribution in [0.4, 0.5) is 10.5 Å². The minimum Gasteiger partial charge on any atom is -0.484 e. The topological polar surface area (TPSA) is 163 Å². The Morgan fingerprint density at radius 1 is 0.979 bits per heavy atom. The number of ether oxygens (including phenoxy) is 1. The number of fused-ring (bicyclic) bond motifs is 1. The first kappa shape index (κ1) is 33.6. The molecule has 3 aromatic rings. The average Bonchev–Trinajstić information content (AvgIpc) is 3.03. The molecular weight excluding hydrogens is 592 g/mol. The summed E-state index contributed by atoms with van der Waals surface area (Å²) in [4.78, 5) is 20.0. The number of amides is 2. The van der Waals surface area contributed by atoms with Gasteiger partial charge in [0.1, 0.15) is 23.2 Å². The number of nitrogens with zero attached hydrogens (tertiary/aromatic N) is 3. The molecule has 2 aliphatic rings. The number of aliphatic hydroxyl groups is 1. The Bertz CT molecular complexity index is 1700. The van der Waals surface area contributed by atoms with Gasteiger partial charge in [-0.15, -0.1) is 0 Å². The second-order valence-corrected chi connectivity index (χ2v) is 13.4. The number of hydrogen-bond donors (Lipinski definition) is 6. The van der Waals surface area contributed by atoms with Gasteiger partial charge >= 0.3 is 6.03 Å². The molecule has 1 aliphatic carbocycles. The number of amidine groups is 1. The average molecular weight is 639 g/mol. The van der Waals surface area contributed by atoms with Crippen LogP contribution in [0.5, 0.6) is 5.75 Å². The van der Waals surface area contributed by atoms with Crippen molar-refractivity contribution in [1.29, 1.82) is 16.2 Å². The molecule has 0 bridgehead atoms. The van der Waals surface area contributed by atoms with Crippen molar-refractivity contribution in [1.82, 2.24) is 20.1 Å². The van der Waals surface area contributed by atoms with Gasteiger partial charge in [-0.3, -0.25) is 20.7 Å². The van der Waals surface area contributed by atoms with Gasteiger partial charge in [0.05, 0.1) is 24.0 Å². The lowest BCUT2D eigenvalue weighted by Crippen LogP contribution is -2.45. The van der Waals surface area contributed by atoms with E-state index in [0.29, 0.717) is 61.8 Å². The number of pyridine rings is 1. The number of aryl methyl sites for hydroxylation is 1. The fourth-order valence-corrected chi connectivity index (χ4v) is 5.79. The maximum Gasteiger partial charge on any atom is 0.320 e. The monoisotopic (exact) mass is 638 g/mol. The van der Waals surface area contributed by atoms with E-state index in [2.05, 4.69) is 15.6 Å². The van der Waals surface area contributed by atoms with E-state index in [9.17, 15) is 9.90 Å². The van der Waals surface area contributed by atoms with Crippen molar-refractivity contribution in [3.8, 4) is 5.75 Å². The molecule has 2 amide bonds. The molecule has 248 valence electrons. The van der Waals surface area contributed by atoms with Crippen molar-refractivity contribution in [2.24, 2.45) is 10.4 Å². The van der Waals surface area contributed by atoms with E-state index in [1.165, 1.54) is 4.57 Å². The summed E-state index contributed by atoms with van der Waals surface area (Å²) in [7, 11) is 0. The van der Waals surface area contributed by atoms with Crippen LogP contribution in [0.1, 0.15) is 81.7 Å². The van der Waals surface area contributed by atoms with Crippen LogP contribution in [-0.2, 0) is 0 Å². The Hall–Kier alpha value is -4.77. The van der Waals surface area contributed by atoms with Crippen LogP contribution in [0.2, 0.25) is 0 Å². The Balaban J connectivity index is 1.29. The van der Waals surface area contributed by atoms with Crippen molar-refractivity contribution in [3.05, 3.63) is 89.0 Å². The number of piperidine rings is 1. The highest BCUT2D eigenvalue weighted by Gasteiger charge is 2.30. The first-order chi connectivity index (χ1) is 22.4. The van der Waals surface area contributed by atoms with Gasteiger partial charge < -0.3 is 25.5 Å². The zero-order valence-corrected chi connectivity index (χ0v) is 27.6. The number of carbonyl (C=O) groups excluding carboxylic acids is 1. The number of aliphatic imine (C=N–C) groups is 1. The van der Waals surface area contributed by atoms with Crippen molar-refractivity contribution in [3.63, 3.8) is 0 Å². The molecule has 11 heteroatoms. The highest BCUT2D eigenvalue weighted by molar-refractivity contribution is 6.09. The minimum absolute atomic E-state index is 0.177. The number of benzene rings is 2. The zero-order valence-electron chi connectivity index (χ0n) is 27.6. The van der Waals surface area contributed by atoms with E-state index < -0.39 is 0 Å². The summed E-state index contributed by atoms with van der Waals surface area (Å²) in [6.45, 7) is 9.06. The summed E-state index contributed by atoms with van der Waals surface area (Å²) in [6.07, 6.45) is 3.76. The third-order valence-electron chi connectivity index (χ3n) is 8.74.